The van der Waals surface area contributed by atoms with Crippen LogP contribution < -0.4 is 5.32 Å². The molecular formula is C16H25NO2. The van der Waals surface area contributed by atoms with Gasteiger partial charge in [0.15, 0.2) is 0 Å². The molecule has 0 radical (unpaired) electrons. The molecule has 0 aliphatic rings. The highest BCUT2D eigenvalue weighted by molar-refractivity contribution is 5.68. The van der Waals surface area contributed by atoms with Gasteiger partial charge in [0.05, 0.1) is 0 Å². The molecule has 0 bridgehead atoms. The molecule has 1 aromatic rings. The van der Waals surface area contributed by atoms with Crippen molar-refractivity contribution in [2.45, 2.75) is 52.7 Å². The van der Waals surface area contributed by atoms with E-state index in [1.165, 1.54) is 5.56 Å². The minimum Gasteiger partial charge on any atom is -0.444 e. The van der Waals surface area contributed by atoms with Crippen LogP contribution in [-0.4, -0.2) is 17.7 Å². The highest BCUT2D eigenvalue weighted by atomic mass is 16.6. The summed E-state index contributed by atoms with van der Waals surface area (Å²) >= 11 is 0. The van der Waals surface area contributed by atoms with Crippen molar-refractivity contribution >= 4 is 6.09 Å². The number of alkyl carbamates (subject to hydrolysis) is 1. The predicted octanol–water partition coefficient (Wildman–Crippen LogP) is 3.78. The van der Waals surface area contributed by atoms with Crippen LogP contribution >= 0.6 is 0 Å². The highest BCUT2D eigenvalue weighted by Crippen LogP contribution is 2.12. The maximum atomic E-state index is 11.8. The van der Waals surface area contributed by atoms with E-state index in [9.17, 15) is 4.79 Å². The van der Waals surface area contributed by atoms with Crippen molar-refractivity contribution in [1.29, 1.82) is 0 Å². The average molecular weight is 263 g/mol. The van der Waals surface area contributed by atoms with E-state index in [1.807, 2.05) is 39.0 Å². The van der Waals surface area contributed by atoms with Gasteiger partial charge in [-0.15, -0.1) is 0 Å². The van der Waals surface area contributed by atoms with Crippen LogP contribution in [0.1, 0.15) is 40.2 Å². The van der Waals surface area contributed by atoms with Crippen LogP contribution in [0.5, 0.6) is 0 Å². The Bertz CT molecular complexity index is 393. The Kier molecular flexibility index (Phi) is 5.40. The van der Waals surface area contributed by atoms with E-state index in [1.54, 1.807) is 0 Å². The summed E-state index contributed by atoms with van der Waals surface area (Å²) < 4.78 is 5.31. The van der Waals surface area contributed by atoms with Gasteiger partial charge in [0.2, 0.25) is 0 Å². The van der Waals surface area contributed by atoms with Crippen LogP contribution in [0, 0.1) is 5.92 Å². The molecule has 0 aliphatic heterocycles. The average Bonchev–Trinajstić information content (AvgIpc) is 2.26. The minimum atomic E-state index is -0.460. The lowest BCUT2D eigenvalue weighted by Crippen LogP contribution is -2.42. The van der Waals surface area contributed by atoms with E-state index in [0.29, 0.717) is 5.92 Å². The summed E-state index contributed by atoms with van der Waals surface area (Å²) in [6.07, 6.45) is 0.472. The van der Waals surface area contributed by atoms with Crippen molar-refractivity contribution in [3.05, 3.63) is 35.9 Å². The van der Waals surface area contributed by atoms with Crippen molar-refractivity contribution in [1.82, 2.24) is 5.32 Å². The number of ether oxygens (including phenoxy) is 1. The fraction of sp³-hybridized carbons (Fsp3) is 0.562. The van der Waals surface area contributed by atoms with Gasteiger partial charge in [0.1, 0.15) is 5.60 Å². The number of nitrogens with one attached hydrogen (secondary N) is 1. The molecule has 3 nitrogen and oxygen atoms in total. The number of benzene rings is 1. The summed E-state index contributed by atoms with van der Waals surface area (Å²) in [5.74, 6) is 0.354. The van der Waals surface area contributed by atoms with Gasteiger partial charge >= 0.3 is 6.09 Å². The standard InChI is InChI=1S/C16H25NO2/c1-12(2)14(11-13-9-7-6-8-10-13)17-15(18)19-16(3,4)5/h6-10,12,14H,11H2,1-5H3,(H,17,18)/t14-/m1/s1. The molecule has 0 saturated heterocycles. The SMILES string of the molecule is CC(C)[C@@H](Cc1ccccc1)NC(=O)OC(C)(C)C. The summed E-state index contributed by atoms with van der Waals surface area (Å²) in [4.78, 5) is 11.8. The van der Waals surface area contributed by atoms with Gasteiger partial charge < -0.3 is 10.1 Å². The molecule has 0 unspecified atom stereocenters. The van der Waals surface area contributed by atoms with Gasteiger partial charge in [-0.25, -0.2) is 4.79 Å². The molecule has 106 valence electrons. The van der Waals surface area contributed by atoms with Crippen LogP contribution in [-0.2, 0) is 11.2 Å². The number of rotatable bonds is 4. The van der Waals surface area contributed by atoms with E-state index < -0.39 is 5.60 Å². The Labute approximate surface area is 116 Å². The Balaban J connectivity index is 2.61. The van der Waals surface area contributed by atoms with E-state index in [2.05, 4.69) is 31.3 Å². The second-order valence-electron chi connectivity index (χ2n) is 6.19. The number of hydrogen-bond acceptors (Lipinski definition) is 2. The van der Waals surface area contributed by atoms with Gasteiger partial charge in [-0.1, -0.05) is 44.2 Å². The Morgan fingerprint density at radius 2 is 1.79 bits per heavy atom. The van der Waals surface area contributed by atoms with E-state index in [0.717, 1.165) is 6.42 Å². The molecule has 1 amide bonds. The number of amides is 1. The number of carbonyl (C=O) groups excluding carboxylic acids is 1. The maximum Gasteiger partial charge on any atom is 0.407 e. The molecule has 3 heteroatoms. The van der Waals surface area contributed by atoms with E-state index >= 15 is 0 Å². The van der Waals surface area contributed by atoms with Gasteiger partial charge in [-0.3, -0.25) is 0 Å². The lowest BCUT2D eigenvalue weighted by Gasteiger charge is -2.26. The molecular weight excluding hydrogens is 238 g/mol. The topological polar surface area (TPSA) is 38.3 Å². The maximum absolute atomic E-state index is 11.8. The summed E-state index contributed by atoms with van der Waals surface area (Å²) in [6.45, 7) is 9.81. The Morgan fingerprint density at radius 3 is 2.26 bits per heavy atom. The van der Waals surface area contributed by atoms with Gasteiger partial charge in [0.25, 0.3) is 0 Å². The van der Waals surface area contributed by atoms with Crippen molar-refractivity contribution in [3.63, 3.8) is 0 Å². The van der Waals surface area contributed by atoms with Crippen molar-refractivity contribution in [2.24, 2.45) is 5.92 Å². The van der Waals surface area contributed by atoms with E-state index in [-0.39, 0.29) is 12.1 Å². The third-order valence-corrected chi connectivity index (χ3v) is 2.81. The highest BCUT2D eigenvalue weighted by Gasteiger charge is 2.21. The fourth-order valence-corrected chi connectivity index (χ4v) is 1.78. The van der Waals surface area contributed by atoms with Gasteiger partial charge in [-0.05, 0) is 38.7 Å². The van der Waals surface area contributed by atoms with Crippen molar-refractivity contribution in [3.8, 4) is 0 Å². The molecule has 1 atom stereocenters. The molecule has 19 heavy (non-hydrogen) atoms. The fourth-order valence-electron chi connectivity index (χ4n) is 1.78. The van der Waals surface area contributed by atoms with Crippen LogP contribution in [0.4, 0.5) is 4.79 Å². The molecule has 0 fully saturated rings. The first kappa shape index (κ1) is 15.5. The molecule has 0 saturated carbocycles. The summed E-state index contributed by atoms with van der Waals surface area (Å²) in [5.41, 5.74) is 0.760. The molecule has 0 aromatic heterocycles. The van der Waals surface area contributed by atoms with Crippen LogP contribution in [0.15, 0.2) is 30.3 Å². The van der Waals surface area contributed by atoms with Crippen molar-refractivity contribution in [2.75, 3.05) is 0 Å². The smallest absolute Gasteiger partial charge is 0.407 e. The zero-order valence-corrected chi connectivity index (χ0v) is 12.6. The van der Waals surface area contributed by atoms with E-state index in [4.69, 9.17) is 4.74 Å². The third-order valence-electron chi connectivity index (χ3n) is 2.81. The van der Waals surface area contributed by atoms with Crippen molar-refractivity contribution < 1.29 is 9.53 Å². The lowest BCUT2D eigenvalue weighted by molar-refractivity contribution is 0.0490. The molecule has 0 heterocycles. The molecule has 1 N–H and O–H groups in total. The van der Waals surface area contributed by atoms with Crippen LogP contribution in [0.25, 0.3) is 0 Å². The van der Waals surface area contributed by atoms with Gasteiger partial charge in [0, 0.05) is 6.04 Å². The molecule has 0 spiro atoms. The second kappa shape index (κ2) is 6.60. The van der Waals surface area contributed by atoms with Crippen LogP contribution in [0.2, 0.25) is 0 Å². The molecule has 1 rings (SSSR count). The first-order valence-corrected chi connectivity index (χ1v) is 6.81. The number of hydrogen-bond donors (Lipinski definition) is 1. The first-order valence-electron chi connectivity index (χ1n) is 6.81. The summed E-state index contributed by atoms with van der Waals surface area (Å²) in [7, 11) is 0. The second-order valence-corrected chi connectivity index (χ2v) is 6.19. The predicted molar refractivity (Wildman–Crippen MR) is 78.1 cm³/mol. The Morgan fingerprint density at radius 1 is 1.21 bits per heavy atom. The zero-order chi connectivity index (χ0) is 14.5. The number of carbonyl (C=O) groups is 1. The summed E-state index contributed by atoms with van der Waals surface area (Å²) in [6, 6.07) is 10.3. The Hall–Kier alpha value is -1.51. The van der Waals surface area contributed by atoms with Crippen LogP contribution in [0.3, 0.4) is 0 Å². The molecule has 1 aromatic carbocycles. The quantitative estimate of drug-likeness (QED) is 0.897. The molecule has 0 aliphatic carbocycles. The first-order chi connectivity index (χ1) is 8.78. The van der Waals surface area contributed by atoms with Gasteiger partial charge in [-0.2, -0.15) is 0 Å². The summed E-state index contributed by atoms with van der Waals surface area (Å²) in [5, 5.41) is 2.96. The monoisotopic (exact) mass is 263 g/mol. The lowest BCUT2D eigenvalue weighted by atomic mass is 9.96. The zero-order valence-electron chi connectivity index (χ0n) is 12.6. The largest absolute Gasteiger partial charge is 0.444 e. The normalized spacial score (nSPS) is 13.2. The minimum absolute atomic E-state index is 0.0808. The third kappa shape index (κ3) is 6.27.